The topological polar surface area (TPSA) is 63.1 Å². The van der Waals surface area contributed by atoms with Crippen LogP contribution in [0.1, 0.15) is 44.6 Å². The fourth-order valence-electron chi connectivity index (χ4n) is 4.77. The first-order valence-electron chi connectivity index (χ1n) is 10.5. The van der Waals surface area contributed by atoms with Crippen molar-refractivity contribution in [2.75, 3.05) is 13.7 Å². The lowest BCUT2D eigenvalue weighted by atomic mass is 9.95. The van der Waals surface area contributed by atoms with Gasteiger partial charge in [-0.3, -0.25) is 4.79 Å². The molecule has 0 saturated heterocycles. The van der Waals surface area contributed by atoms with Gasteiger partial charge in [-0.15, -0.1) is 0 Å². The van der Waals surface area contributed by atoms with E-state index in [-0.39, 0.29) is 11.9 Å². The fraction of sp³-hybridized carbons (Fsp3) is 0.280. The first-order valence-corrected chi connectivity index (χ1v) is 10.5. The minimum atomic E-state index is -0.242. The zero-order chi connectivity index (χ0) is 21.7. The lowest BCUT2D eigenvalue weighted by Crippen LogP contribution is -2.41. The molecule has 3 heterocycles. The van der Waals surface area contributed by atoms with E-state index >= 15 is 0 Å². The van der Waals surface area contributed by atoms with Crippen LogP contribution in [-0.2, 0) is 13.5 Å². The Kier molecular flexibility index (Phi) is 4.58. The molecule has 6 nitrogen and oxygen atoms in total. The Bertz CT molecular complexity index is 1280. The molecule has 5 rings (SSSR count). The standard InChI is InChI=1S/C25H26N4O2/c1-15-5-6-16(2)23-19(15)13-21(28(23)3)25(30)29-12-11-20-22(27-14-26-20)24(29)17-7-9-18(31-4)10-8-17/h5-10,13-14,24H,11-12H2,1-4H3,(H,26,27)/t24-/m1/s1. The summed E-state index contributed by atoms with van der Waals surface area (Å²) in [6, 6.07) is 13.9. The SMILES string of the molecule is COc1ccc([C@@H]2c3nc[nH]c3CCN2C(=O)c2cc3c(C)ccc(C)c3n2C)cc1. The van der Waals surface area contributed by atoms with Crippen LogP contribution < -0.4 is 4.74 Å². The zero-order valence-electron chi connectivity index (χ0n) is 18.3. The van der Waals surface area contributed by atoms with E-state index in [1.165, 1.54) is 11.1 Å². The van der Waals surface area contributed by atoms with Crippen molar-refractivity contribution < 1.29 is 9.53 Å². The van der Waals surface area contributed by atoms with E-state index < -0.39 is 0 Å². The number of methoxy groups -OCH3 is 1. The molecular formula is C25H26N4O2. The number of nitrogens with zero attached hydrogens (tertiary/aromatic N) is 3. The van der Waals surface area contributed by atoms with Gasteiger partial charge in [-0.25, -0.2) is 4.98 Å². The number of carbonyl (C=O) groups excluding carboxylic acids is 1. The lowest BCUT2D eigenvalue weighted by molar-refractivity contribution is 0.0681. The molecule has 2 aromatic heterocycles. The number of H-pyrrole nitrogens is 1. The van der Waals surface area contributed by atoms with Gasteiger partial charge in [-0.05, 0) is 48.7 Å². The Morgan fingerprint density at radius 2 is 1.87 bits per heavy atom. The van der Waals surface area contributed by atoms with Crippen LogP contribution in [0.15, 0.2) is 48.8 Å². The maximum atomic E-state index is 13.9. The van der Waals surface area contributed by atoms with Crippen molar-refractivity contribution in [3.8, 4) is 5.75 Å². The minimum Gasteiger partial charge on any atom is -0.497 e. The van der Waals surface area contributed by atoms with Crippen molar-refractivity contribution >= 4 is 16.8 Å². The third-order valence-electron chi connectivity index (χ3n) is 6.45. The van der Waals surface area contributed by atoms with Crippen molar-refractivity contribution in [3.05, 3.63) is 82.6 Å². The molecule has 0 fully saturated rings. The zero-order valence-corrected chi connectivity index (χ0v) is 18.3. The van der Waals surface area contributed by atoms with Crippen molar-refractivity contribution in [2.24, 2.45) is 7.05 Å². The number of rotatable bonds is 3. The summed E-state index contributed by atoms with van der Waals surface area (Å²) in [5, 5.41) is 1.13. The highest BCUT2D eigenvalue weighted by Gasteiger charge is 2.35. The van der Waals surface area contributed by atoms with Gasteiger partial charge in [0.15, 0.2) is 0 Å². The van der Waals surface area contributed by atoms with Crippen LogP contribution in [0.4, 0.5) is 0 Å². The second-order valence-electron chi connectivity index (χ2n) is 8.24. The second-order valence-corrected chi connectivity index (χ2v) is 8.24. The highest BCUT2D eigenvalue weighted by molar-refractivity contribution is 6.00. The van der Waals surface area contributed by atoms with E-state index in [1.807, 2.05) is 46.8 Å². The van der Waals surface area contributed by atoms with Crippen molar-refractivity contribution in [1.82, 2.24) is 19.4 Å². The van der Waals surface area contributed by atoms with Gasteiger partial charge < -0.3 is 19.2 Å². The predicted octanol–water partition coefficient (Wildman–Crippen LogP) is 4.31. The van der Waals surface area contributed by atoms with E-state index in [4.69, 9.17) is 4.74 Å². The molecule has 0 aliphatic carbocycles. The molecule has 31 heavy (non-hydrogen) atoms. The number of amides is 1. The summed E-state index contributed by atoms with van der Waals surface area (Å²) in [6.07, 6.45) is 2.48. The largest absolute Gasteiger partial charge is 0.497 e. The molecule has 0 bridgehead atoms. The molecule has 1 N–H and O–H groups in total. The number of aromatic amines is 1. The highest BCUT2D eigenvalue weighted by atomic mass is 16.5. The quantitative estimate of drug-likeness (QED) is 0.543. The molecule has 1 atom stereocenters. The van der Waals surface area contributed by atoms with Gasteiger partial charge in [0.2, 0.25) is 0 Å². The first-order chi connectivity index (χ1) is 15.0. The Morgan fingerprint density at radius 3 is 2.58 bits per heavy atom. The number of nitrogens with one attached hydrogen (secondary N) is 1. The summed E-state index contributed by atoms with van der Waals surface area (Å²) in [5.74, 6) is 0.811. The van der Waals surface area contributed by atoms with Gasteiger partial charge in [0.25, 0.3) is 5.91 Å². The summed E-state index contributed by atoms with van der Waals surface area (Å²) >= 11 is 0. The molecule has 1 aliphatic rings. The molecule has 6 heteroatoms. The van der Waals surface area contributed by atoms with Crippen LogP contribution >= 0.6 is 0 Å². The minimum absolute atomic E-state index is 0.0203. The summed E-state index contributed by atoms with van der Waals surface area (Å²) < 4.78 is 7.35. The van der Waals surface area contributed by atoms with Gasteiger partial charge in [-0.2, -0.15) is 0 Å². The van der Waals surface area contributed by atoms with E-state index in [2.05, 4.69) is 35.9 Å². The normalized spacial score (nSPS) is 15.9. The van der Waals surface area contributed by atoms with Crippen LogP contribution in [0.25, 0.3) is 10.9 Å². The van der Waals surface area contributed by atoms with Crippen LogP contribution in [0.3, 0.4) is 0 Å². The van der Waals surface area contributed by atoms with Crippen LogP contribution in [-0.4, -0.2) is 39.0 Å². The number of carbonyl (C=O) groups is 1. The molecule has 1 amide bonds. The average molecular weight is 415 g/mol. The Hall–Kier alpha value is -3.54. The second kappa shape index (κ2) is 7.30. The number of aryl methyl sites for hydroxylation is 3. The molecule has 1 aliphatic heterocycles. The van der Waals surface area contributed by atoms with Gasteiger partial charge in [-0.1, -0.05) is 24.3 Å². The van der Waals surface area contributed by atoms with Gasteiger partial charge >= 0.3 is 0 Å². The molecule has 4 aromatic rings. The predicted molar refractivity (Wildman–Crippen MR) is 121 cm³/mol. The molecule has 158 valence electrons. The number of hydrogen-bond acceptors (Lipinski definition) is 3. The molecular weight excluding hydrogens is 388 g/mol. The Balaban J connectivity index is 1.62. The van der Waals surface area contributed by atoms with Crippen LogP contribution in [0.5, 0.6) is 5.75 Å². The lowest BCUT2D eigenvalue weighted by Gasteiger charge is -2.35. The summed E-state index contributed by atoms with van der Waals surface area (Å²) in [5.41, 5.74) is 7.18. The summed E-state index contributed by atoms with van der Waals surface area (Å²) in [7, 11) is 3.63. The summed E-state index contributed by atoms with van der Waals surface area (Å²) in [4.78, 5) is 23.7. The number of imidazole rings is 1. The Morgan fingerprint density at radius 1 is 1.13 bits per heavy atom. The number of ether oxygens (including phenoxy) is 1. The van der Waals surface area contributed by atoms with E-state index in [0.717, 1.165) is 40.0 Å². The smallest absolute Gasteiger partial charge is 0.271 e. The van der Waals surface area contributed by atoms with Crippen molar-refractivity contribution in [2.45, 2.75) is 26.3 Å². The van der Waals surface area contributed by atoms with Crippen molar-refractivity contribution in [3.63, 3.8) is 0 Å². The Labute approximate surface area is 181 Å². The number of benzene rings is 2. The molecule has 0 radical (unpaired) electrons. The maximum absolute atomic E-state index is 13.9. The van der Waals surface area contributed by atoms with Crippen LogP contribution in [0.2, 0.25) is 0 Å². The molecule has 0 spiro atoms. The van der Waals surface area contributed by atoms with Gasteiger partial charge in [0.05, 0.1) is 24.6 Å². The molecule has 0 unspecified atom stereocenters. The molecule has 0 saturated carbocycles. The summed E-state index contributed by atoms with van der Waals surface area (Å²) in [6.45, 7) is 4.81. The van der Waals surface area contributed by atoms with Gasteiger partial charge in [0, 0.05) is 31.1 Å². The fourth-order valence-corrected chi connectivity index (χ4v) is 4.77. The third-order valence-corrected chi connectivity index (χ3v) is 6.45. The van der Waals surface area contributed by atoms with E-state index in [0.29, 0.717) is 12.2 Å². The third kappa shape index (κ3) is 3.02. The maximum Gasteiger partial charge on any atom is 0.271 e. The van der Waals surface area contributed by atoms with Gasteiger partial charge in [0.1, 0.15) is 17.5 Å². The number of fused-ring (bicyclic) bond motifs is 2. The monoisotopic (exact) mass is 414 g/mol. The number of aromatic nitrogens is 3. The number of hydrogen-bond donors (Lipinski definition) is 1. The highest BCUT2D eigenvalue weighted by Crippen LogP contribution is 2.36. The molecule has 2 aromatic carbocycles. The first kappa shape index (κ1) is 19.4. The van der Waals surface area contributed by atoms with Crippen molar-refractivity contribution in [1.29, 1.82) is 0 Å². The van der Waals surface area contributed by atoms with E-state index in [9.17, 15) is 4.79 Å². The van der Waals surface area contributed by atoms with Crippen LogP contribution in [0, 0.1) is 13.8 Å². The average Bonchev–Trinajstić information content (AvgIpc) is 3.40. The van der Waals surface area contributed by atoms with E-state index in [1.54, 1.807) is 13.4 Å².